The number of rotatable bonds is 7. The van der Waals surface area contributed by atoms with Crippen molar-refractivity contribution >= 4 is 0 Å². The molecule has 1 rings (SSSR count). The van der Waals surface area contributed by atoms with Crippen LogP contribution in [-0.2, 0) is 11.3 Å². The highest BCUT2D eigenvalue weighted by Gasteiger charge is 2.07. The third-order valence-electron chi connectivity index (χ3n) is 2.56. The summed E-state index contributed by atoms with van der Waals surface area (Å²) in [5.41, 5.74) is 0.842. The number of hydrogen-bond acceptors (Lipinski definition) is 4. The van der Waals surface area contributed by atoms with E-state index in [1.807, 2.05) is 12.1 Å². The van der Waals surface area contributed by atoms with Crippen LogP contribution in [0.3, 0.4) is 0 Å². The Balaban J connectivity index is 2.46. The van der Waals surface area contributed by atoms with Gasteiger partial charge in [-0.1, -0.05) is 19.1 Å². The Hall–Kier alpha value is -1.26. The predicted molar refractivity (Wildman–Crippen MR) is 67.4 cm³/mol. The molecule has 0 bridgehead atoms. The van der Waals surface area contributed by atoms with E-state index in [0.29, 0.717) is 18.2 Å². The lowest BCUT2D eigenvalue weighted by atomic mass is 10.1. The number of aromatic hydroxyl groups is 1. The summed E-state index contributed by atoms with van der Waals surface area (Å²) in [5, 5.41) is 13.2. The van der Waals surface area contributed by atoms with Crippen molar-refractivity contribution in [2.45, 2.75) is 13.5 Å². The van der Waals surface area contributed by atoms with E-state index in [4.69, 9.17) is 9.47 Å². The van der Waals surface area contributed by atoms with Gasteiger partial charge in [-0.2, -0.15) is 0 Å². The van der Waals surface area contributed by atoms with Crippen molar-refractivity contribution in [2.75, 3.05) is 27.4 Å². The first-order chi connectivity index (χ1) is 8.19. The summed E-state index contributed by atoms with van der Waals surface area (Å²) in [6, 6.07) is 5.49. The van der Waals surface area contributed by atoms with Crippen molar-refractivity contribution in [3.8, 4) is 11.5 Å². The fourth-order valence-electron chi connectivity index (χ4n) is 1.67. The van der Waals surface area contributed by atoms with Crippen molar-refractivity contribution in [1.29, 1.82) is 0 Å². The van der Waals surface area contributed by atoms with Gasteiger partial charge < -0.3 is 19.9 Å². The normalized spacial score (nSPS) is 12.4. The van der Waals surface area contributed by atoms with E-state index in [-0.39, 0.29) is 5.75 Å². The van der Waals surface area contributed by atoms with Crippen molar-refractivity contribution in [3.05, 3.63) is 23.8 Å². The van der Waals surface area contributed by atoms with E-state index in [0.717, 1.165) is 18.7 Å². The molecule has 17 heavy (non-hydrogen) atoms. The highest BCUT2D eigenvalue weighted by Crippen LogP contribution is 2.28. The van der Waals surface area contributed by atoms with Gasteiger partial charge in [-0.05, 0) is 12.0 Å². The number of para-hydroxylation sites is 1. The summed E-state index contributed by atoms with van der Waals surface area (Å²) in [4.78, 5) is 0. The smallest absolute Gasteiger partial charge is 0.162 e. The van der Waals surface area contributed by atoms with Gasteiger partial charge in [0.05, 0.1) is 7.11 Å². The molecule has 1 aromatic carbocycles. The molecule has 1 atom stereocenters. The topological polar surface area (TPSA) is 50.7 Å². The SMILES string of the molecule is COCC(C)CNCc1cccc(OC)c1O. The Kier molecular flexibility index (Phi) is 5.80. The molecule has 0 aliphatic heterocycles. The van der Waals surface area contributed by atoms with Crippen molar-refractivity contribution in [2.24, 2.45) is 5.92 Å². The number of methoxy groups -OCH3 is 2. The Bertz CT molecular complexity index is 341. The second-order valence-electron chi connectivity index (χ2n) is 4.16. The standard InChI is InChI=1S/C13H21NO3/c1-10(9-16-2)7-14-8-11-5-4-6-12(17-3)13(11)15/h4-6,10,14-15H,7-9H2,1-3H3. The minimum Gasteiger partial charge on any atom is -0.504 e. The number of phenolic OH excluding ortho intramolecular Hbond substituents is 1. The van der Waals surface area contributed by atoms with Crippen LogP contribution in [0.25, 0.3) is 0 Å². The Morgan fingerprint density at radius 1 is 1.35 bits per heavy atom. The molecular weight excluding hydrogens is 218 g/mol. The second kappa shape index (κ2) is 7.14. The van der Waals surface area contributed by atoms with Gasteiger partial charge in [-0.3, -0.25) is 0 Å². The third kappa shape index (κ3) is 4.24. The van der Waals surface area contributed by atoms with Crippen LogP contribution in [0.2, 0.25) is 0 Å². The van der Waals surface area contributed by atoms with Gasteiger partial charge >= 0.3 is 0 Å². The second-order valence-corrected chi connectivity index (χ2v) is 4.16. The van der Waals surface area contributed by atoms with E-state index >= 15 is 0 Å². The predicted octanol–water partition coefficient (Wildman–Crippen LogP) is 1.77. The molecule has 0 aliphatic rings. The minimum absolute atomic E-state index is 0.210. The van der Waals surface area contributed by atoms with Crippen LogP contribution in [0, 0.1) is 5.92 Å². The van der Waals surface area contributed by atoms with E-state index < -0.39 is 0 Å². The van der Waals surface area contributed by atoms with E-state index in [9.17, 15) is 5.11 Å². The maximum absolute atomic E-state index is 9.87. The minimum atomic E-state index is 0.210. The lowest BCUT2D eigenvalue weighted by molar-refractivity contribution is 0.158. The largest absolute Gasteiger partial charge is 0.504 e. The summed E-state index contributed by atoms with van der Waals surface area (Å²) < 4.78 is 10.1. The number of hydrogen-bond donors (Lipinski definition) is 2. The van der Waals surface area contributed by atoms with Crippen molar-refractivity contribution in [1.82, 2.24) is 5.32 Å². The van der Waals surface area contributed by atoms with Gasteiger partial charge in [-0.25, -0.2) is 0 Å². The number of ether oxygens (including phenoxy) is 2. The van der Waals surface area contributed by atoms with Crippen LogP contribution in [0.4, 0.5) is 0 Å². The van der Waals surface area contributed by atoms with Gasteiger partial charge in [-0.15, -0.1) is 0 Å². The van der Waals surface area contributed by atoms with E-state index in [2.05, 4.69) is 12.2 Å². The number of nitrogens with one attached hydrogen (secondary N) is 1. The molecule has 0 aromatic heterocycles. The molecule has 0 spiro atoms. The summed E-state index contributed by atoms with van der Waals surface area (Å²) in [7, 11) is 3.25. The first-order valence-electron chi connectivity index (χ1n) is 5.73. The van der Waals surface area contributed by atoms with Crippen LogP contribution >= 0.6 is 0 Å². The highest BCUT2D eigenvalue weighted by atomic mass is 16.5. The van der Waals surface area contributed by atoms with Crippen molar-refractivity contribution in [3.63, 3.8) is 0 Å². The molecule has 0 fully saturated rings. The zero-order chi connectivity index (χ0) is 12.7. The molecule has 0 heterocycles. The summed E-state index contributed by atoms with van der Waals surface area (Å²) in [6.07, 6.45) is 0. The molecule has 0 radical (unpaired) electrons. The molecule has 0 saturated heterocycles. The fraction of sp³-hybridized carbons (Fsp3) is 0.538. The lowest BCUT2D eigenvalue weighted by Crippen LogP contribution is -2.23. The first kappa shape index (κ1) is 13.8. The summed E-state index contributed by atoms with van der Waals surface area (Å²) >= 11 is 0. The van der Waals surface area contributed by atoms with Crippen LogP contribution in [0.15, 0.2) is 18.2 Å². The Morgan fingerprint density at radius 2 is 2.12 bits per heavy atom. The van der Waals surface area contributed by atoms with Crippen LogP contribution in [0.5, 0.6) is 11.5 Å². The van der Waals surface area contributed by atoms with Gasteiger partial charge in [0.1, 0.15) is 0 Å². The van der Waals surface area contributed by atoms with Gasteiger partial charge in [0.25, 0.3) is 0 Å². The van der Waals surface area contributed by atoms with E-state index in [1.165, 1.54) is 0 Å². The maximum atomic E-state index is 9.87. The molecule has 0 aliphatic carbocycles. The monoisotopic (exact) mass is 239 g/mol. The molecule has 0 amide bonds. The zero-order valence-corrected chi connectivity index (χ0v) is 10.7. The molecule has 0 saturated carbocycles. The molecule has 4 nitrogen and oxygen atoms in total. The van der Waals surface area contributed by atoms with Crippen LogP contribution < -0.4 is 10.1 Å². The average molecular weight is 239 g/mol. The first-order valence-corrected chi connectivity index (χ1v) is 5.73. The quantitative estimate of drug-likeness (QED) is 0.761. The molecule has 1 aromatic rings. The van der Waals surface area contributed by atoms with Gasteiger partial charge in [0, 0.05) is 32.4 Å². The highest BCUT2D eigenvalue weighted by molar-refractivity contribution is 5.45. The summed E-state index contributed by atoms with van der Waals surface area (Å²) in [6.45, 7) is 4.32. The maximum Gasteiger partial charge on any atom is 0.162 e. The van der Waals surface area contributed by atoms with Gasteiger partial charge in [0.15, 0.2) is 11.5 Å². The molecular formula is C13H21NO3. The Morgan fingerprint density at radius 3 is 2.76 bits per heavy atom. The van der Waals surface area contributed by atoms with Gasteiger partial charge in [0.2, 0.25) is 0 Å². The average Bonchev–Trinajstić information content (AvgIpc) is 2.32. The van der Waals surface area contributed by atoms with Crippen LogP contribution in [0.1, 0.15) is 12.5 Å². The zero-order valence-electron chi connectivity index (χ0n) is 10.7. The molecule has 1 unspecified atom stereocenters. The molecule has 4 heteroatoms. The fourth-order valence-corrected chi connectivity index (χ4v) is 1.67. The van der Waals surface area contributed by atoms with E-state index in [1.54, 1.807) is 20.3 Å². The third-order valence-corrected chi connectivity index (χ3v) is 2.56. The lowest BCUT2D eigenvalue weighted by Gasteiger charge is -2.13. The molecule has 2 N–H and O–H groups in total. The molecule has 96 valence electrons. The number of phenols is 1. The number of benzene rings is 1. The van der Waals surface area contributed by atoms with Crippen LogP contribution in [-0.4, -0.2) is 32.5 Å². The van der Waals surface area contributed by atoms with Crippen molar-refractivity contribution < 1.29 is 14.6 Å². The summed E-state index contributed by atoms with van der Waals surface area (Å²) in [5.74, 6) is 1.17. The Labute approximate surface area is 103 Å².